The molecule has 0 radical (unpaired) electrons. The lowest BCUT2D eigenvalue weighted by atomic mass is 9.99. The highest BCUT2D eigenvalue weighted by Gasteiger charge is 2.39. The van der Waals surface area contributed by atoms with Crippen molar-refractivity contribution >= 4 is 122 Å². The normalized spacial score (nSPS) is 11.8. The van der Waals surface area contributed by atoms with E-state index in [9.17, 15) is 37.8 Å². The van der Waals surface area contributed by atoms with Gasteiger partial charge in [0.2, 0.25) is 0 Å². The summed E-state index contributed by atoms with van der Waals surface area (Å²) in [6.07, 6.45) is 14.0. The molecule has 1 aromatic heterocycles. The molecular weight excluding hydrogens is 1280 g/mol. The molecule has 2 aromatic carbocycles. The molecule has 0 fully saturated rings. The van der Waals surface area contributed by atoms with Crippen LogP contribution >= 0.6 is 33.2 Å². The molecule has 0 amide bonds. The Morgan fingerprint density at radius 3 is 1.27 bits per heavy atom. The minimum absolute atomic E-state index is 0.0764. The van der Waals surface area contributed by atoms with Gasteiger partial charge in [0, 0.05) is 23.0 Å². The molecule has 0 spiro atoms. The number of rotatable bonds is 14. The molecular formula is C60H103Cl3F9NOSi9. The van der Waals surface area contributed by atoms with Crippen LogP contribution in [0.25, 0.3) is 0 Å². The number of hydrogen-bond acceptors (Lipinski definition) is 2. The second kappa shape index (κ2) is 44.0. The third-order valence-corrected chi connectivity index (χ3v) is 26.9. The zero-order valence-electron chi connectivity index (χ0n) is 54.2. The number of hydrogen-bond donors (Lipinski definition) is 0. The first-order valence-electron chi connectivity index (χ1n) is 27.5. The molecule has 0 bridgehead atoms. The number of allylic oxidation sites excluding steroid dienone is 1. The number of terminal acetylenes is 2. The van der Waals surface area contributed by atoms with Crippen molar-refractivity contribution in [3.8, 4) is 41.1 Å². The fourth-order valence-corrected chi connectivity index (χ4v) is 14.0. The van der Waals surface area contributed by atoms with E-state index in [1.54, 1.807) is 70.4 Å². The molecule has 0 N–H and O–H groups in total. The average molecular weight is 1380 g/mol. The number of aromatic nitrogens is 1. The Morgan fingerprint density at radius 1 is 0.627 bits per heavy atom. The van der Waals surface area contributed by atoms with Crippen molar-refractivity contribution < 1.29 is 42.6 Å². The maximum atomic E-state index is 12.3. The van der Waals surface area contributed by atoms with Crippen LogP contribution in [0.4, 0.5) is 37.8 Å². The maximum Gasteiger partial charge on any atom is 0.709 e. The molecule has 3 rings (SSSR count). The van der Waals surface area contributed by atoms with Crippen molar-refractivity contribution in [3.05, 3.63) is 115 Å². The molecule has 3 aromatic rings. The summed E-state index contributed by atoms with van der Waals surface area (Å²) in [7, 11) is -16.8. The van der Waals surface area contributed by atoms with E-state index in [1.165, 1.54) is 48.3 Å². The SMILES string of the molecule is C#C[Si](C)(C)C.C#C[Si](Cl)(Cl)Cl.C=C[Si](C)(C)C.C=C[Si](F)(F)F.CC(C)(C)C#C[Si](F)(F)F.CCCCC=C[Si](C)(C)C.CC[Si](CC)(CC)c1ccc(OC)cc1.C[Si](C)(C)c1ccccn1.C[Si](C)(CC(F)(F)F)c1ccccc1. The second-order valence-corrected chi connectivity index (χ2v) is 65.7. The summed E-state index contributed by atoms with van der Waals surface area (Å²) in [5.74, 6) is 3.11. The average Bonchev–Trinajstić information content (AvgIpc) is 3.35. The van der Waals surface area contributed by atoms with Gasteiger partial charge >= 0.3 is 30.3 Å². The Balaban J connectivity index is -0.000000205. The van der Waals surface area contributed by atoms with E-state index in [1.807, 2.05) is 23.9 Å². The lowest BCUT2D eigenvalue weighted by Crippen LogP contribution is -2.45. The largest absolute Gasteiger partial charge is 0.709 e. The fraction of sp³-hybridized carbons (Fsp3) is 0.517. The zero-order chi connectivity index (χ0) is 67.0. The van der Waals surface area contributed by atoms with Crippen molar-refractivity contribution in [2.24, 2.45) is 5.41 Å². The van der Waals surface area contributed by atoms with Crippen molar-refractivity contribution in [2.75, 3.05) is 7.11 Å². The van der Waals surface area contributed by atoms with Crippen LogP contribution in [0, 0.1) is 40.8 Å². The van der Waals surface area contributed by atoms with Gasteiger partial charge in [0.1, 0.15) is 21.9 Å². The number of halogens is 12. The molecule has 0 aliphatic heterocycles. The van der Waals surface area contributed by atoms with Gasteiger partial charge in [-0.2, -0.15) is 13.2 Å². The van der Waals surface area contributed by atoms with Gasteiger partial charge in [0.05, 0.1) is 39.4 Å². The van der Waals surface area contributed by atoms with E-state index < -0.39 is 90.2 Å². The molecule has 23 heteroatoms. The monoisotopic (exact) mass is 1380 g/mol. The van der Waals surface area contributed by atoms with E-state index >= 15 is 0 Å². The van der Waals surface area contributed by atoms with E-state index in [0.717, 1.165) is 10.9 Å². The van der Waals surface area contributed by atoms with Gasteiger partial charge in [-0.25, -0.2) is 24.6 Å². The third kappa shape index (κ3) is 66.9. The molecule has 2 nitrogen and oxygen atoms in total. The van der Waals surface area contributed by atoms with E-state index in [2.05, 4.69) is 190 Å². The lowest BCUT2D eigenvalue weighted by Gasteiger charge is -2.28. The van der Waals surface area contributed by atoms with Crippen LogP contribution in [0.2, 0.25) is 116 Å². The minimum Gasteiger partial charge on any atom is -0.497 e. The van der Waals surface area contributed by atoms with Crippen LogP contribution in [-0.4, -0.2) is 90.9 Å². The van der Waals surface area contributed by atoms with Gasteiger partial charge < -0.3 is 4.74 Å². The third-order valence-electron chi connectivity index (χ3n) is 10.7. The molecule has 0 saturated heterocycles. The molecule has 83 heavy (non-hydrogen) atoms. The highest BCUT2D eigenvalue weighted by molar-refractivity contribution is 7.67. The Bertz CT molecular complexity index is 2250. The van der Waals surface area contributed by atoms with Crippen molar-refractivity contribution in [1.29, 1.82) is 0 Å². The van der Waals surface area contributed by atoms with Crippen molar-refractivity contribution in [2.45, 2.75) is 190 Å². The number of alkyl halides is 3. The van der Waals surface area contributed by atoms with Crippen LogP contribution in [0.5, 0.6) is 5.75 Å². The number of ether oxygens (including phenoxy) is 1. The van der Waals surface area contributed by atoms with E-state index in [0.29, 0.717) is 0 Å². The van der Waals surface area contributed by atoms with Gasteiger partial charge in [-0.3, -0.25) is 4.98 Å². The highest BCUT2D eigenvalue weighted by Crippen LogP contribution is 2.28. The van der Waals surface area contributed by atoms with Crippen molar-refractivity contribution in [1.82, 2.24) is 4.98 Å². The standard InChI is InChI=1S/C13H22OSi.C10H13F3Si.C9H20Si.C8H13NSi.C6H9F3Si.C5H12Si.C5H10Si.C2HCl3Si.C2H3F3Si/c1-5-15(6-2,7-3)13-10-8-12(14-4)9-11-13;1-14(2,8-10(11,12)13)9-6-4-3-5-7-9;1-5-6-7-8-9-10(2,3)4;1-10(2,3)8-6-4-5-7-9-8;1-6(2,3)4-5-10(7,8)9;2*1-5-6(2,3)4;2*1-2-6(3,4)5/h8-11H,5-7H2,1-4H3;3-7H,8H2,1-2H3;8-9H,5-7H2,1-4H3;4-7H,1-3H3;1-3H3;5H,1H2,2-4H3;1H,2-4H3;1H;2H,1H2. The Kier molecular flexibility index (Phi) is 48.6. The summed E-state index contributed by atoms with van der Waals surface area (Å²) < 4.78 is 109. The summed E-state index contributed by atoms with van der Waals surface area (Å²) in [5, 5.41) is 3.73. The Labute approximate surface area is 524 Å². The van der Waals surface area contributed by atoms with Crippen LogP contribution in [0.1, 0.15) is 67.7 Å². The van der Waals surface area contributed by atoms with Gasteiger partial charge in [0.25, 0.3) is 0 Å². The molecule has 0 atom stereocenters. The van der Waals surface area contributed by atoms with Crippen molar-refractivity contribution in [3.63, 3.8) is 0 Å². The first-order chi connectivity index (χ1) is 37.1. The first-order valence-corrected chi connectivity index (χ1v) is 55.8. The summed E-state index contributed by atoms with van der Waals surface area (Å²) in [6, 6.07) is 24.5. The topological polar surface area (TPSA) is 22.1 Å². The predicted octanol–water partition coefficient (Wildman–Crippen LogP) is 21.2. The summed E-state index contributed by atoms with van der Waals surface area (Å²) in [5.41, 5.74) is 10.2. The molecule has 0 unspecified atom stereocenters. The van der Waals surface area contributed by atoms with Crippen LogP contribution in [-0.2, 0) is 0 Å². The van der Waals surface area contributed by atoms with Crippen LogP contribution in [0.3, 0.4) is 0 Å². The molecule has 0 aliphatic rings. The zero-order valence-corrected chi connectivity index (χ0v) is 65.5. The summed E-state index contributed by atoms with van der Waals surface area (Å²) in [4.78, 5) is 4.31. The summed E-state index contributed by atoms with van der Waals surface area (Å²) >= 11 is 15.5. The Morgan fingerprint density at radius 2 is 1.04 bits per heavy atom. The smallest absolute Gasteiger partial charge is 0.497 e. The number of benzene rings is 2. The first kappa shape index (κ1) is 91.7. The minimum atomic E-state index is -5.63. The van der Waals surface area contributed by atoms with Gasteiger partial charge in [0.15, 0.2) is 0 Å². The van der Waals surface area contributed by atoms with Crippen LogP contribution in [0.15, 0.2) is 115 Å². The van der Waals surface area contributed by atoms with Gasteiger partial charge in [-0.15, -0.1) is 63.9 Å². The van der Waals surface area contributed by atoms with E-state index in [-0.39, 0.29) is 5.70 Å². The van der Waals surface area contributed by atoms with E-state index in [4.69, 9.17) is 50.8 Å². The highest BCUT2D eigenvalue weighted by atomic mass is 35.8. The number of methoxy groups -OCH3 is 1. The molecule has 0 aliphatic carbocycles. The van der Waals surface area contributed by atoms with Gasteiger partial charge in [-0.1, -0.05) is 239 Å². The fourth-order valence-electron chi connectivity index (χ4n) is 5.62. The number of nitrogens with zero attached hydrogens (tertiary/aromatic N) is 1. The Hall–Kier alpha value is -2.52. The maximum absolute atomic E-state index is 12.3. The van der Waals surface area contributed by atoms with Crippen LogP contribution < -0.4 is 20.4 Å². The molecule has 474 valence electrons. The quantitative estimate of drug-likeness (QED) is 0.0528. The summed E-state index contributed by atoms with van der Waals surface area (Å²) in [6.45, 7) is 51.2. The second-order valence-electron chi connectivity index (χ2n) is 24.8. The molecule has 1 heterocycles. The van der Waals surface area contributed by atoms with Gasteiger partial charge in [-0.05, 0) is 62.7 Å². The lowest BCUT2D eigenvalue weighted by molar-refractivity contribution is -0.110. The molecule has 0 saturated carbocycles. The number of pyridine rings is 1. The number of unbranched alkanes of at least 4 members (excludes halogenated alkanes) is 2. The predicted molar refractivity (Wildman–Crippen MR) is 377 cm³/mol.